The van der Waals surface area contributed by atoms with Gasteiger partial charge in [0.1, 0.15) is 11.7 Å². The first-order valence-electron chi connectivity index (χ1n) is 13.7. The molecule has 2 saturated heterocycles. The number of carboxylic acid groups (broad SMARTS) is 1. The summed E-state index contributed by atoms with van der Waals surface area (Å²) >= 11 is 6.80. The van der Waals surface area contributed by atoms with Gasteiger partial charge in [0, 0.05) is 23.1 Å². The van der Waals surface area contributed by atoms with Crippen LogP contribution < -0.4 is 0 Å². The van der Waals surface area contributed by atoms with Gasteiger partial charge in [-0.1, -0.05) is 39.0 Å². The fraction of sp³-hybridized carbons (Fsp3) is 0.793. The van der Waals surface area contributed by atoms with Gasteiger partial charge < -0.3 is 24.1 Å². The summed E-state index contributed by atoms with van der Waals surface area (Å²) in [5.74, 6) is -0.262. The zero-order chi connectivity index (χ0) is 25.8. The van der Waals surface area contributed by atoms with Crippen molar-refractivity contribution in [1.29, 1.82) is 0 Å². The molecule has 12 unspecified atom stereocenters. The minimum Gasteiger partial charge on any atom is -0.481 e. The molecule has 4 aliphatic carbocycles. The van der Waals surface area contributed by atoms with Crippen LogP contribution in [0.5, 0.6) is 0 Å². The average molecular weight is 519 g/mol. The van der Waals surface area contributed by atoms with Crippen molar-refractivity contribution in [2.24, 2.45) is 51.8 Å². The minimum absolute atomic E-state index is 0.00380. The van der Waals surface area contributed by atoms with E-state index < -0.39 is 28.5 Å². The Balaban J connectivity index is 1.40. The quantitative estimate of drug-likeness (QED) is 0.307. The van der Waals surface area contributed by atoms with Crippen molar-refractivity contribution >= 4 is 23.9 Å². The molecule has 198 valence electrons. The zero-order valence-electron chi connectivity index (χ0n) is 21.7. The van der Waals surface area contributed by atoms with Crippen LogP contribution in [0, 0.1) is 51.8 Å². The summed E-state index contributed by atoms with van der Waals surface area (Å²) in [7, 11) is 0. The Bertz CT molecular complexity index is 1020. The monoisotopic (exact) mass is 518 g/mol. The molecule has 0 spiro atoms. The number of carbonyl (C=O) groups is 2. The number of aliphatic carboxylic acids is 1. The minimum atomic E-state index is -1.27. The molecule has 1 N–H and O–H groups in total. The first-order chi connectivity index (χ1) is 17.0. The molecule has 6 aliphatic rings. The van der Waals surface area contributed by atoms with Crippen molar-refractivity contribution in [3.63, 3.8) is 0 Å². The van der Waals surface area contributed by atoms with E-state index in [0.717, 1.165) is 17.4 Å². The maximum absolute atomic E-state index is 13.6. The maximum Gasteiger partial charge on any atom is 0.315 e. The Hall–Kier alpha value is -1.21. The number of allylic oxidation sites excluding steroid dienone is 1. The van der Waals surface area contributed by atoms with Crippen LogP contribution in [-0.2, 0) is 23.8 Å². The van der Waals surface area contributed by atoms with E-state index in [0.29, 0.717) is 32.3 Å². The molecule has 0 aromatic rings. The largest absolute Gasteiger partial charge is 0.481 e. The highest BCUT2D eigenvalue weighted by atomic mass is 35.5. The van der Waals surface area contributed by atoms with Gasteiger partial charge in [-0.05, 0) is 61.3 Å². The molecular weight excluding hydrogens is 480 g/mol. The van der Waals surface area contributed by atoms with Crippen LogP contribution >= 0.6 is 11.6 Å². The van der Waals surface area contributed by atoms with Crippen LogP contribution in [0.3, 0.4) is 0 Å². The second-order valence-electron chi connectivity index (χ2n) is 12.9. The van der Waals surface area contributed by atoms with Crippen molar-refractivity contribution in [3.05, 3.63) is 23.8 Å². The second-order valence-corrected chi connectivity index (χ2v) is 13.5. The highest BCUT2D eigenvalue weighted by molar-refractivity contribution is 6.21. The lowest BCUT2D eigenvalue weighted by molar-refractivity contribution is -0.248. The van der Waals surface area contributed by atoms with E-state index in [9.17, 15) is 14.7 Å². The van der Waals surface area contributed by atoms with Crippen LogP contribution in [0.2, 0.25) is 0 Å². The molecular formula is C29H39ClO6. The lowest BCUT2D eigenvalue weighted by Gasteiger charge is -2.58. The summed E-state index contributed by atoms with van der Waals surface area (Å²) in [6, 6.07) is 0. The molecule has 0 aromatic heterocycles. The lowest BCUT2D eigenvalue weighted by atomic mass is 9.43. The van der Waals surface area contributed by atoms with E-state index in [1.54, 1.807) is 0 Å². The number of hydrogen-bond acceptors (Lipinski definition) is 5. The smallest absolute Gasteiger partial charge is 0.315 e. The molecule has 0 amide bonds. The fourth-order valence-electron chi connectivity index (χ4n) is 9.92. The first kappa shape index (κ1) is 25.1. The molecule has 36 heavy (non-hydrogen) atoms. The fourth-order valence-corrected chi connectivity index (χ4v) is 10.3. The SMILES string of the molecule is C=C1COC2C(C)OC(OCC34CC5C(C)C(Cl)CC5C5(C=O)CC3C=C(C(C)C)C54C(=O)O)CC12. The molecule has 3 saturated carbocycles. The number of carboxylic acids is 1. The van der Waals surface area contributed by atoms with Crippen LogP contribution in [0.25, 0.3) is 0 Å². The Kier molecular flexibility index (Phi) is 5.68. The molecule has 6 nitrogen and oxygen atoms in total. The zero-order valence-corrected chi connectivity index (χ0v) is 22.5. The van der Waals surface area contributed by atoms with E-state index in [1.165, 1.54) is 0 Å². The lowest BCUT2D eigenvalue weighted by Crippen LogP contribution is -2.63. The van der Waals surface area contributed by atoms with Gasteiger partial charge in [-0.3, -0.25) is 4.79 Å². The number of rotatable bonds is 6. The Morgan fingerprint density at radius 1 is 1.33 bits per heavy atom. The van der Waals surface area contributed by atoms with E-state index in [-0.39, 0.29) is 59.7 Å². The van der Waals surface area contributed by atoms with Crippen molar-refractivity contribution in [2.45, 2.75) is 77.3 Å². The summed E-state index contributed by atoms with van der Waals surface area (Å²) in [6.45, 7) is 13.3. The van der Waals surface area contributed by atoms with Gasteiger partial charge in [-0.15, -0.1) is 11.6 Å². The van der Waals surface area contributed by atoms with Crippen molar-refractivity contribution in [1.82, 2.24) is 0 Å². The van der Waals surface area contributed by atoms with Gasteiger partial charge in [-0.25, -0.2) is 0 Å². The third-order valence-electron chi connectivity index (χ3n) is 11.4. The van der Waals surface area contributed by atoms with Gasteiger partial charge in [0.2, 0.25) is 0 Å². The Labute approximate surface area is 218 Å². The third-order valence-corrected chi connectivity index (χ3v) is 11.9. The Morgan fingerprint density at radius 2 is 2.08 bits per heavy atom. The van der Waals surface area contributed by atoms with Crippen LogP contribution in [0.15, 0.2) is 23.8 Å². The molecule has 4 bridgehead atoms. The molecule has 0 aromatic carbocycles. The summed E-state index contributed by atoms with van der Waals surface area (Å²) in [5.41, 5.74) is -0.946. The van der Waals surface area contributed by atoms with E-state index in [2.05, 4.69) is 33.4 Å². The second kappa shape index (κ2) is 8.14. The average Bonchev–Trinajstić information content (AvgIpc) is 3.49. The van der Waals surface area contributed by atoms with Crippen LogP contribution in [0.1, 0.15) is 53.4 Å². The van der Waals surface area contributed by atoms with E-state index >= 15 is 0 Å². The number of halogens is 1. The molecule has 5 fully saturated rings. The van der Waals surface area contributed by atoms with Crippen molar-refractivity contribution < 1.29 is 28.9 Å². The highest BCUT2D eigenvalue weighted by Gasteiger charge is 2.84. The Morgan fingerprint density at radius 3 is 2.75 bits per heavy atom. The standard InChI is InChI=1S/C29H39ClO6/c1-14(2)21-6-18-9-27(12-31)22-8-23(30)16(4)20(22)10-28(18,29(21,27)26(32)33)13-35-24-7-19-15(3)11-34-25(19)17(5)36-24/h6,12,14,16-20,22-25H,3,7-11,13H2,1-2,4-5H3,(H,32,33). The highest BCUT2D eigenvalue weighted by Crippen LogP contribution is 2.82. The van der Waals surface area contributed by atoms with Gasteiger partial charge in [-0.2, -0.15) is 0 Å². The number of fused-ring (bicyclic) bond motifs is 3. The van der Waals surface area contributed by atoms with Crippen molar-refractivity contribution in [2.75, 3.05) is 13.2 Å². The van der Waals surface area contributed by atoms with Gasteiger partial charge in [0.25, 0.3) is 0 Å². The predicted octanol–water partition coefficient (Wildman–Crippen LogP) is 4.85. The maximum atomic E-state index is 13.6. The molecule has 2 heterocycles. The summed E-state index contributed by atoms with van der Waals surface area (Å²) in [5, 5.41) is 11.1. The normalized spacial score (nSPS) is 52.9. The molecule has 0 radical (unpaired) electrons. The molecule has 12 atom stereocenters. The number of carbonyl (C=O) groups excluding carboxylic acids is 1. The first-order valence-corrected chi connectivity index (χ1v) is 14.1. The van der Waals surface area contributed by atoms with Gasteiger partial charge >= 0.3 is 5.97 Å². The molecule has 2 aliphatic heterocycles. The van der Waals surface area contributed by atoms with E-state index in [1.807, 2.05) is 6.92 Å². The van der Waals surface area contributed by atoms with Crippen molar-refractivity contribution in [3.8, 4) is 0 Å². The third kappa shape index (κ3) is 2.80. The number of hydrogen-bond donors (Lipinski definition) is 1. The van der Waals surface area contributed by atoms with Gasteiger partial charge in [0.05, 0.1) is 30.8 Å². The molecule has 7 heteroatoms. The summed E-state index contributed by atoms with van der Waals surface area (Å²) < 4.78 is 18.7. The number of aldehydes is 1. The number of ether oxygens (including phenoxy) is 3. The van der Waals surface area contributed by atoms with Gasteiger partial charge in [0.15, 0.2) is 6.29 Å². The van der Waals surface area contributed by atoms with E-state index in [4.69, 9.17) is 25.8 Å². The topological polar surface area (TPSA) is 82.1 Å². The van der Waals surface area contributed by atoms with Crippen LogP contribution in [-0.4, -0.2) is 54.5 Å². The summed E-state index contributed by atoms with van der Waals surface area (Å²) in [6.07, 6.45) is 5.27. The molecule has 6 rings (SSSR count). The predicted molar refractivity (Wildman–Crippen MR) is 134 cm³/mol. The number of alkyl halides is 1. The van der Waals surface area contributed by atoms with Crippen LogP contribution in [0.4, 0.5) is 0 Å². The summed E-state index contributed by atoms with van der Waals surface area (Å²) in [4.78, 5) is 26.8.